The third-order valence-corrected chi connectivity index (χ3v) is 1.43. The quantitative estimate of drug-likeness (QED) is 0.635. The molecule has 0 spiro atoms. The molecule has 76 valence electrons. The van der Waals surface area contributed by atoms with E-state index < -0.39 is 0 Å². The van der Waals surface area contributed by atoms with Crippen LogP contribution in [0.4, 0.5) is 4.79 Å². The van der Waals surface area contributed by atoms with Crippen LogP contribution in [0.15, 0.2) is 0 Å². The third-order valence-electron chi connectivity index (χ3n) is 1.43. The number of carbonyl (C=O) groups is 1. The number of nitrogens with two attached hydrogens (primary N) is 1. The second-order valence-corrected chi connectivity index (χ2v) is 2.08. The van der Waals surface area contributed by atoms with Gasteiger partial charge in [-0.3, -0.25) is 0 Å². The van der Waals surface area contributed by atoms with Crippen LogP contribution in [0.2, 0.25) is 0 Å². The molecule has 0 unspecified atom stereocenters. The Morgan fingerprint density at radius 3 is 1.83 bits per heavy atom. The van der Waals surface area contributed by atoms with E-state index >= 15 is 0 Å². The van der Waals surface area contributed by atoms with E-state index in [1.165, 1.54) is 0 Å². The lowest BCUT2D eigenvalue weighted by atomic mass is 10.4. The van der Waals surface area contributed by atoms with E-state index in [9.17, 15) is 4.79 Å². The average Bonchev–Trinajstić information content (AvgIpc) is 1.90. The van der Waals surface area contributed by atoms with Crippen molar-refractivity contribution in [3.63, 3.8) is 0 Å². The fourth-order valence-corrected chi connectivity index (χ4v) is 0.885. The first kappa shape index (κ1) is 18.0. The predicted molar refractivity (Wildman–Crippen MR) is 55.8 cm³/mol. The third kappa shape index (κ3) is 5.71. The summed E-state index contributed by atoms with van der Waals surface area (Å²) >= 11 is 0. The molecule has 7 heteroatoms. The Morgan fingerprint density at radius 2 is 1.58 bits per heavy atom. The number of carbonyl (C=O) groups excluding carboxylic acids is 1. The Hall–Kier alpha value is 0.1000. The monoisotopic (exact) mass is 237 g/mol. The van der Waals surface area contributed by atoms with Gasteiger partial charge in [-0.2, -0.15) is 0 Å². The molecule has 0 radical (unpaired) electrons. The lowest BCUT2D eigenvalue weighted by Gasteiger charge is -2.25. The Kier molecular flexibility index (Phi) is 13.8. The minimum atomic E-state index is -0.309. The fourth-order valence-electron chi connectivity index (χ4n) is 0.885. The van der Waals surface area contributed by atoms with Gasteiger partial charge in [-0.05, 0) is 0 Å². The molecule has 0 aliphatic carbocycles. The van der Waals surface area contributed by atoms with E-state index in [1.807, 2.05) is 0 Å². The maximum absolute atomic E-state index is 10.5. The number of urea groups is 1. The molecule has 0 aromatic carbocycles. The molecule has 3 N–H and O–H groups in total. The maximum atomic E-state index is 10.5. The summed E-state index contributed by atoms with van der Waals surface area (Å²) in [6, 6.07) is -0.309. The fraction of sp³-hybridized carbons (Fsp3) is 0.800. The van der Waals surface area contributed by atoms with Gasteiger partial charge in [-0.1, -0.05) is 0 Å². The highest BCUT2D eigenvalue weighted by molar-refractivity contribution is 5.86. The van der Waals surface area contributed by atoms with Gasteiger partial charge in [-0.25, -0.2) is 4.79 Å². The van der Waals surface area contributed by atoms with Gasteiger partial charge in [0.15, 0.2) is 0 Å². The first-order chi connectivity index (χ1) is 4.30. The molecule has 1 fully saturated rings. The molecule has 1 aliphatic rings. The van der Waals surface area contributed by atoms with Crippen LogP contribution in [-0.4, -0.2) is 37.1 Å². The number of nitrogens with zero attached hydrogens (tertiary/aromatic N) is 1. The summed E-state index contributed by atoms with van der Waals surface area (Å²) in [6.07, 6.45) is 0. The predicted octanol–water partition coefficient (Wildman–Crippen LogP) is 0.236. The molecule has 4 nitrogen and oxygen atoms in total. The summed E-state index contributed by atoms with van der Waals surface area (Å²) in [4.78, 5) is 12.1. The van der Waals surface area contributed by atoms with E-state index in [0.29, 0.717) is 0 Å². The molecule has 2 amide bonds. The van der Waals surface area contributed by atoms with Crippen molar-refractivity contribution in [2.75, 3.05) is 26.2 Å². The molecule has 1 rings (SSSR count). The van der Waals surface area contributed by atoms with Crippen LogP contribution >= 0.6 is 37.2 Å². The van der Waals surface area contributed by atoms with E-state index in [2.05, 4.69) is 5.32 Å². The van der Waals surface area contributed by atoms with Gasteiger partial charge in [0.05, 0.1) is 0 Å². The number of rotatable bonds is 0. The minimum absolute atomic E-state index is 0. The lowest BCUT2D eigenvalue weighted by Crippen LogP contribution is -2.48. The van der Waals surface area contributed by atoms with Crippen LogP contribution < -0.4 is 11.1 Å². The summed E-state index contributed by atoms with van der Waals surface area (Å²) in [5.74, 6) is 0. The molecule has 12 heavy (non-hydrogen) atoms. The number of hydrogen-bond donors (Lipinski definition) is 2. The summed E-state index contributed by atoms with van der Waals surface area (Å²) in [7, 11) is 0. The molecule has 0 aromatic rings. The zero-order valence-corrected chi connectivity index (χ0v) is 8.94. The van der Waals surface area contributed by atoms with Gasteiger partial charge in [0.2, 0.25) is 0 Å². The summed E-state index contributed by atoms with van der Waals surface area (Å²) < 4.78 is 0. The van der Waals surface area contributed by atoms with Gasteiger partial charge in [0.25, 0.3) is 0 Å². The maximum Gasteiger partial charge on any atom is 0.314 e. The van der Waals surface area contributed by atoms with Crippen LogP contribution in [0.25, 0.3) is 0 Å². The highest BCUT2D eigenvalue weighted by Crippen LogP contribution is 1.89. The van der Waals surface area contributed by atoms with Crippen molar-refractivity contribution in [1.82, 2.24) is 10.2 Å². The molecule has 0 aromatic heterocycles. The molecule has 1 aliphatic heterocycles. The molecule has 0 atom stereocenters. The van der Waals surface area contributed by atoms with Crippen LogP contribution in [-0.2, 0) is 0 Å². The highest BCUT2D eigenvalue weighted by atomic mass is 35.5. The van der Waals surface area contributed by atoms with Gasteiger partial charge in [0, 0.05) is 26.2 Å². The van der Waals surface area contributed by atoms with Crippen molar-refractivity contribution in [3.8, 4) is 0 Å². The van der Waals surface area contributed by atoms with Crippen molar-refractivity contribution in [2.45, 2.75) is 0 Å². The van der Waals surface area contributed by atoms with Crippen molar-refractivity contribution >= 4 is 43.3 Å². The van der Waals surface area contributed by atoms with Crippen molar-refractivity contribution in [3.05, 3.63) is 0 Å². The van der Waals surface area contributed by atoms with E-state index in [0.717, 1.165) is 26.2 Å². The Morgan fingerprint density at radius 1 is 1.17 bits per heavy atom. The van der Waals surface area contributed by atoms with E-state index in [1.54, 1.807) is 4.90 Å². The lowest BCUT2D eigenvalue weighted by molar-refractivity contribution is 0.200. The molecular weight excluding hydrogens is 224 g/mol. The minimum Gasteiger partial charge on any atom is -0.351 e. The number of piperazine rings is 1. The molecule has 1 heterocycles. The first-order valence-electron chi connectivity index (χ1n) is 3.06. The smallest absolute Gasteiger partial charge is 0.314 e. The van der Waals surface area contributed by atoms with E-state index in [-0.39, 0.29) is 43.3 Å². The van der Waals surface area contributed by atoms with Crippen molar-refractivity contribution < 1.29 is 4.79 Å². The van der Waals surface area contributed by atoms with Gasteiger partial charge >= 0.3 is 6.03 Å². The van der Waals surface area contributed by atoms with Gasteiger partial charge in [0.1, 0.15) is 0 Å². The second-order valence-electron chi connectivity index (χ2n) is 2.08. The number of nitrogens with one attached hydrogen (secondary N) is 1. The van der Waals surface area contributed by atoms with Crippen LogP contribution in [0.3, 0.4) is 0 Å². The number of halogens is 3. The SMILES string of the molecule is Cl.Cl.Cl.NC(=O)N1CCNCC1. The van der Waals surface area contributed by atoms with E-state index in [4.69, 9.17) is 5.73 Å². The highest BCUT2D eigenvalue weighted by Gasteiger charge is 2.11. The Balaban J connectivity index is -0.000000270. The largest absolute Gasteiger partial charge is 0.351 e. The number of hydrogen-bond acceptors (Lipinski definition) is 2. The normalized spacial score (nSPS) is 14.8. The molecular formula is C5H14Cl3N3O. The molecule has 0 saturated carbocycles. The molecule has 1 saturated heterocycles. The van der Waals surface area contributed by atoms with Crippen molar-refractivity contribution in [2.24, 2.45) is 5.73 Å². The first-order valence-corrected chi connectivity index (χ1v) is 3.06. The second kappa shape index (κ2) is 9.19. The van der Waals surface area contributed by atoms with Crippen molar-refractivity contribution in [1.29, 1.82) is 0 Å². The Bertz CT molecular complexity index is 119. The molecule has 0 bridgehead atoms. The summed E-state index contributed by atoms with van der Waals surface area (Å²) in [5, 5.41) is 3.12. The standard InChI is InChI=1S/C5H11N3O.3ClH/c6-5(9)8-3-1-7-2-4-8;;;/h7H,1-4H2,(H2,6,9);3*1H. The van der Waals surface area contributed by atoms with Crippen LogP contribution in [0.1, 0.15) is 0 Å². The zero-order chi connectivity index (χ0) is 6.69. The topological polar surface area (TPSA) is 58.4 Å². The number of primary amides is 1. The number of amides is 2. The Labute approximate surface area is 90.5 Å². The summed E-state index contributed by atoms with van der Waals surface area (Å²) in [6.45, 7) is 3.22. The van der Waals surface area contributed by atoms with Crippen LogP contribution in [0.5, 0.6) is 0 Å². The van der Waals surface area contributed by atoms with Gasteiger partial charge < -0.3 is 16.0 Å². The average molecular weight is 239 g/mol. The van der Waals surface area contributed by atoms with Gasteiger partial charge in [-0.15, -0.1) is 37.2 Å². The summed E-state index contributed by atoms with van der Waals surface area (Å²) in [5.41, 5.74) is 5.03. The van der Waals surface area contributed by atoms with Crippen LogP contribution in [0, 0.1) is 0 Å². The zero-order valence-electron chi connectivity index (χ0n) is 6.49.